The summed E-state index contributed by atoms with van der Waals surface area (Å²) in [5, 5.41) is 0. The Bertz CT molecular complexity index is 893. The summed E-state index contributed by atoms with van der Waals surface area (Å²) in [5.74, 6) is 0.130. The summed E-state index contributed by atoms with van der Waals surface area (Å²) in [6.07, 6.45) is 5.12. The summed E-state index contributed by atoms with van der Waals surface area (Å²) in [6, 6.07) is 5.89. The third-order valence-corrected chi connectivity index (χ3v) is 5.62. The molecule has 4 rings (SSSR count). The van der Waals surface area contributed by atoms with Crippen molar-refractivity contribution in [2.24, 2.45) is 0 Å². The number of aromatic nitrogens is 2. The highest BCUT2D eigenvalue weighted by atomic mass is 19.1. The summed E-state index contributed by atoms with van der Waals surface area (Å²) < 4.78 is 19.2. The standard InChI is InChI=1S/C21H23FN4O3/c1-2-18-23-11-15(12-24-18)20(28)25-9-7-21(8-10-25)14-26(19(27)13-29-21)17-5-3-16(22)4-6-17/h3-6,11-12H,2,7-10,13-14H2,1H3. The molecule has 2 aromatic rings. The van der Waals surface area contributed by atoms with Crippen molar-refractivity contribution in [1.82, 2.24) is 14.9 Å². The maximum atomic E-state index is 13.2. The molecule has 29 heavy (non-hydrogen) atoms. The highest BCUT2D eigenvalue weighted by molar-refractivity contribution is 5.95. The van der Waals surface area contributed by atoms with E-state index >= 15 is 0 Å². The number of halogens is 1. The van der Waals surface area contributed by atoms with Crippen molar-refractivity contribution in [3.8, 4) is 0 Å². The Balaban J connectivity index is 1.42. The minimum Gasteiger partial charge on any atom is -0.363 e. The molecule has 152 valence electrons. The van der Waals surface area contributed by atoms with Gasteiger partial charge in [0.05, 0.1) is 17.7 Å². The first-order valence-electron chi connectivity index (χ1n) is 9.80. The number of morpholine rings is 1. The van der Waals surface area contributed by atoms with Crippen LogP contribution >= 0.6 is 0 Å². The van der Waals surface area contributed by atoms with Crippen LogP contribution in [0.1, 0.15) is 35.9 Å². The van der Waals surface area contributed by atoms with E-state index in [0.29, 0.717) is 49.6 Å². The van der Waals surface area contributed by atoms with Crippen LogP contribution in [0, 0.1) is 5.82 Å². The van der Waals surface area contributed by atoms with Crippen LogP contribution in [0.3, 0.4) is 0 Å². The van der Waals surface area contributed by atoms with Crippen molar-refractivity contribution < 1.29 is 18.7 Å². The second-order valence-corrected chi connectivity index (χ2v) is 7.46. The number of hydrogen-bond acceptors (Lipinski definition) is 5. The van der Waals surface area contributed by atoms with E-state index in [2.05, 4.69) is 9.97 Å². The summed E-state index contributed by atoms with van der Waals surface area (Å²) in [7, 11) is 0. The van der Waals surface area contributed by atoms with Gasteiger partial charge in [-0.15, -0.1) is 0 Å². The van der Waals surface area contributed by atoms with Crippen molar-refractivity contribution in [3.05, 3.63) is 53.9 Å². The van der Waals surface area contributed by atoms with Gasteiger partial charge in [-0.25, -0.2) is 14.4 Å². The van der Waals surface area contributed by atoms with Crippen LogP contribution in [0.25, 0.3) is 0 Å². The quantitative estimate of drug-likeness (QED) is 0.793. The van der Waals surface area contributed by atoms with E-state index in [9.17, 15) is 14.0 Å². The molecule has 1 aromatic carbocycles. The van der Waals surface area contributed by atoms with E-state index in [0.717, 1.165) is 6.42 Å². The van der Waals surface area contributed by atoms with E-state index in [1.165, 1.54) is 12.1 Å². The number of rotatable bonds is 3. The normalized spacial score (nSPS) is 18.9. The van der Waals surface area contributed by atoms with E-state index in [4.69, 9.17) is 4.74 Å². The van der Waals surface area contributed by atoms with Gasteiger partial charge in [-0.3, -0.25) is 9.59 Å². The second-order valence-electron chi connectivity index (χ2n) is 7.46. The second kappa shape index (κ2) is 7.87. The molecular formula is C21H23FN4O3. The summed E-state index contributed by atoms with van der Waals surface area (Å²) in [5.41, 5.74) is 0.637. The predicted octanol–water partition coefficient (Wildman–Crippen LogP) is 2.22. The third-order valence-electron chi connectivity index (χ3n) is 5.62. The van der Waals surface area contributed by atoms with Crippen LogP contribution in [0.4, 0.5) is 10.1 Å². The van der Waals surface area contributed by atoms with Gasteiger partial charge in [0.1, 0.15) is 18.2 Å². The van der Waals surface area contributed by atoms with Gasteiger partial charge in [-0.05, 0) is 37.1 Å². The van der Waals surface area contributed by atoms with Crippen molar-refractivity contribution in [2.45, 2.75) is 31.8 Å². The Morgan fingerprint density at radius 2 is 1.83 bits per heavy atom. The fraction of sp³-hybridized carbons (Fsp3) is 0.429. The van der Waals surface area contributed by atoms with Crippen molar-refractivity contribution in [1.29, 1.82) is 0 Å². The number of carbonyl (C=O) groups is 2. The van der Waals surface area contributed by atoms with Gasteiger partial charge in [0.25, 0.3) is 11.8 Å². The monoisotopic (exact) mass is 398 g/mol. The minimum absolute atomic E-state index is 0.0162. The van der Waals surface area contributed by atoms with Crippen molar-refractivity contribution in [2.75, 3.05) is 31.1 Å². The zero-order valence-electron chi connectivity index (χ0n) is 16.3. The number of likely N-dealkylation sites (tertiary alicyclic amines) is 1. The smallest absolute Gasteiger partial charge is 0.256 e. The highest BCUT2D eigenvalue weighted by Gasteiger charge is 2.43. The number of benzene rings is 1. The molecular weight excluding hydrogens is 375 g/mol. The molecule has 1 aromatic heterocycles. The fourth-order valence-electron chi connectivity index (χ4n) is 3.82. The fourth-order valence-corrected chi connectivity index (χ4v) is 3.82. The number of nitrogens with zero attached hydrogens (tertiary/aromatic N) is 4. The first-order chi connectivity index (χ1) is 14.0. The molecule has 3 heterocycles. The van der Waals surface area contributed by atoms with Crippen molar-refractivity contribution >= 4 is 17.5 Å². The molecule has 0 N–H and O–H groups in total. The lowest BCUT2D eigenvalue weighted by Gasteiger charge is -2.47. The molecule has 2 aliphatic heterocycles. The Labute approximate surface area is 168 Å². The molecule has 2 aliphatic rings. The number of piperidine rings is 1. The van der Waals surface area contributed by atoms with Crippen LogP contribution < -0.4 is 4.90 Å². The molecule has 7 nitrogen and oxygen atoms in total. The molecule has 8 heteroatoms. The van der Waals surface area contributed by atoms with Crippen LogP contribution in [0.5, 0.6) is 0 Å². The molecule has 2 saturated heterocycles. The maximum Gasteiger partial charge on any atom is 0.256 e. The van der Waals surface area contributed by atoms with Gasteiger partial charge in [-0.2, -0.15) is 0 Å². The molecule has 0 atom stereocenters. The SMILES string of the molecule is CCc1ncc(C(=O)N2CCC3(CC2)CN(c2ccc(F)cc2)C(=O)CO3)cn1. The zero-order chi connectivity index (χ0) is 20.4. The van der Waals surface area contributed by atoms with E-state index in [1.54, 1.807) is 34.3 Å². The van der Waals surface area contributed by atoms with Gasteiger partial charge in [0, 0.05) is 37.6 Å². The molecule has 1 spiro atoms. The molecule has 0 radical (unpaired) electrons. The Kier molecular flexibility index (Phi) is 5.27. The Morgan fingerprint density at radius 3 is 2.45 bits per heavy atom. The van der Waals surface area contributed by atoms with E-state index < -0.39 is 5.60 Å². The first kappa shape index (κ1) is 19.4. The number of aryl methyl sites for hydroxylation is 1. The molecule has 0 unspecified atom stereocenters. The topological polar surface area (TPSA) is 75.6 Å². The minimum atomic E-state index is -0.498. The molecule has 0 aliphatic carbocycles. The van der Waals surface area contributed by atoms with Gasteiger partial charge in [-0.1, -0.05) is 6.92 Å². The molecule has 0 saturated carbocycles. The first-order valence-corrected chi connectivity index (χ1v) is 9.80. The summed E-state index contributed by atoms with van der Waals surface area (Å²) in [6.45, 7) is 3.40. The van der Waals surface area contributed by atoms with Crippen LogP contribution in [0.15, 0.2) is 36.7 Å². The van der Waals surface area contributed by atoms with Crippen LogP contribution in [-0.4, -0.2) is 58.5 Å². The Hall–Kier alpha value is -2.87. The van der Waals surface area contributed by atoms with E-state index in [-0.39, 0.29) is 24.2 Å². The van der Waals surface area contributed by atoms with Gasteiger partial charge >= 0.3 is 0 Å². The highest BCUT2D eigenvalue weighted by Crippen LogP contribution is 2.33. The summed E-state index contributed by atoms with van der Waals surface area (Å²) in [4.78, 5) is 36.9. The summed E-state index contributed by atoms with van der Waals surface area (Å²) >= 11 is 0. The average molecular weight is 398 g/mol. The van der Waals surface area contributed by atoms with Gasteiger partial charge in [0.15, 0.2) is 0 Å². The molecule has 2 fully saturated rings. The number of carbonyl (C=O) groups excluding carboxylic acids is 2. The lowest BCUT2D eigenvalue weighted by atomic mass is 9.88. The number of ether oxygens (including phenoxy) is 1. The van der Waals surface area contributed by atoms with Gasteiger partial charge < -0.3 is 14.5 Å². The van der Waals surface area contributed by atoms with E-state index in [1.807, 2.05) is 6.92 Å². The lowest BCUT2D eigenvalue weighted by Crippen LogP contribution is -2.59. The maximum absolute atomic E-state index is 13.2. The predicted molar refractivity (Wildman–Crippen MR) is 104 cm³/mol. The number of hydrogen-bond donors (Lipinski definition) is 0. The van der Waals surface area contributed by atoms with Crippen molar-refractivity contribution in [3.63, 3.8) is 0 Å². The zero-order valence-corrected chi connectivity index (χ0v) is 16.3. The number of anilines is 1. The Morgan fingerprint density at radius 1 is 1.17 bits per heavy atom. The third kappa shape index (κ3) is 3.98. The van der Waals surface area contributed by atoms with Crippen LogP contribution in [0.2, 0.25) is 0 Å². The van der Waals surface area contributed by atoms with Gasteiger partial charge in [0.2, 0.25) is 0 Å². The molecule has 2 amide bonds. The van der Waals surface area contributed by atoms with Crippen LogP contribution in [-0.2, 0) is 16.0 Å². The number of amides is 2. The lowest BCUT2D eigenvalue weighted by molar-refractivity contribution is -0.143. The largest absolute Gasteiger partial charge is 0.363 e. The molecule has 0 bridgehead atoms. The average Bonchev–Trinajstić information content (AvgIpc) is 2.76.